The minimum absolute atomic E-state index is 0.0316. The number of ketones is 1. The van der Waals surface area contributed by atoms with Crippen LogP contribution in [0.4, 0.5) is 0 Å². The molecule has 1 aromatic carbocycles. The fraction of sp³-hybridized carbons (Fsp3) is 0.429. The number of rotatable bonds is 9. The normalized spacial score (nSPS) is 15.7. The van der Waals surface area contributed by atoms with Gasteiger partial charge in [-0.25, -0.2) is 0 Å². The van der Waals surface area contributed by atoms with Crippen molar-refractivity contribution in [1.29, 1.82) is 0 Å². The van der Waals surface area contributed by atoms with Crippen LogP contribution in [0, 0.1) is 0 Å². The zero-order chi connectivity index (χ0) is 18.2. The largest absolute Gasteiger partial charge is 0.354 e. The van der Waals surface area contributed by atoms with E-state index in [1.165, 1.54) is 29.7 Å². The van der Waals surface area contributed by atoms with Crippen LogP contribution < -0.4 is 5.32 Å². The molecule has 3 rings (SSSR count). The first-order valence-corrected chi connectivity index (χ1v) is 10.2. The molecule has 2 heterocycles. The van der Waals surface area contributed by atoms with Crippen LogP contribution in [-0.4, -0.2) is 36.2 Å². The summed E-state index contributed by atoms with van der Waals surface area (Å²) in [5, 5.41) is 4.98. The molecule has 2 aromatic rings. The van der Waals surface area contributed by atoms with Gasteiger partial charge in [0.2, 0.25) is 5.91 Å². The molecule has 1 aromatic heterocycles. The Bertz CT molecular complexity index is 694. The maximum atomic E-state index is 12.2. The summed E-state index contributed by atoms with van der Waals surface area (Å²) >= 11 is 1.46. The lowest BCUT2D eigenvalue weighted by Crippen LogP contribution is -2.36. The monoisotopic (exact) mass is 370 g/mol. The zero-order valence-electron chi connectivity index (χ0n) is 15.0. The second kappa shape index (κ2) is 9.64. The summed E-state index contributed by atoms with van der Waals surface area (Å²) in [6, 6.07) is 14.3. The molecule has 1 amide bonds. The van der Waals surface area contributed by atoms with Gasteiger partial charge in [-0.05, 0) is 49.4 Å². The summed E-state index contributed by atoms with van der Waals surface area (Å²) in [6.07, 6.45) is 3.88. The molecule has 1 aliphatic rings. The van der Waals surface area contributed by atoms with Crippen molar-refractivity contribution in [3.63, 3.8) is 0 Å². The van der Waals surface area contributed by atoms with Crippen molar-refractivity contribution in [2.24, 2.45) is 0 Å². The van der Waals surface area contributed by atoms with Gasteiger partial charge in [0, 0.05) is 19.4 Å². The molecule has 1 fully saturated rings. The first-order chi connectivity index (χ1) is 12.7. The van der Waals surface area contributed by atoms with Crippen LogP contribution in [0.15, 0.2) is 47.8 Å². The van der Waals surface area contributed by atoms with Crippen LogP contribution in [0.2, 0.25) is 0 Å². The molecular weight excluding hydrogens is 344 g/mol. The molecule has 1 unspecified atom stereocenters. The standard InChI is InChI=1S/C21H26N2O2S/c24-19(20-11-7-15-26-20)10-6-12-21(25)22-16-18(23-13-4-5-14-23)17-8-2-1-3-9-17/h1-3,7-9,11,15,18H,4-6,10,12-14,16H2,(H,22,25). The molecule has 138 valence electrons. The average Bonchev–Trinajstić information content (AvgIpc) is 3.37. The number of carbonyl (C=O) groups excluding carboxylic acids is 2. The first-order valence-electron chi connectivity index (χ1n) is 9.36. The maximum Gasteiger partial charge on any atom is 0.220 e. The molecule has 1 aliphatic heterocycles. The summed E-state index contributed by atoms with van der Waals surface area (Å²) in [5.74, 6) is 0.163. The Kier molecular flexibility index (Phi) is 6.97. The second-order valence-corrected chi connectivity index (χ2v) is 7.68. The van der Waals surface area contributed by atoms with E-state index in [4.69, 9.17) is 0 Å². The third-order valence-corrected chi connectivity index (χ3v) is 5.77. The Hall–Kier alpha value is -1.98. The number of nitrogens with one attached hydrogen (secondary N) is 1. The molecule has 0 saturated carbocycles. The van der Waals surface area contributed by atoms with Gasteiger partial charge < -0.3 is 5.32 Å². The molecule has 1 N–H and O–H groups in total. The van der Waals surface area contributed by atoms with Gasteiger partial charge in [0.1, 0.15) is 0 Å². The lowest BCUT2D eigenvalue weighted by molar-refractivity contribution is -0.121. The SMILES string of the molecule is O=C(CCCC(=O)c1cccs1)NCC(c1ccccc1)N1CCCC1. The number of hydrogen-bond donors (Lipinski definition) is 1. The van der Waals surface area contributed by atoms with Crippen LogP contribution in [-0.2, 0) is 4.79 Å². The number of thiophene rings is 1. The number of likely N-dealkylation sites (tertiary alicyclic amines) is 1. The predicted octanol–water partition coefficient (Wildman–Crippen LogP) is 4.05. The molecule has 1 saturated heterocycles. The molecule has 1 atom stereocenters. The van der Waals surface area contributed by atoms with Crippen molar-refractivity contribution in [2.45, 2.75) is 38.1 Å². The Morgan fingerprint density at radius 3 is 2.50 bits per heavy atom. The molecule has 5 heteroatoms. The van der Waals surface area contributed by atoms with Crippen molar-refractivity contribution < 1.29 is 9.59 Å². The highest BCUT2D eigenvalue weighted by atomic mass is 32.1. The van der Waals surface area contributed by atoms with Crippen molar-refractivity contribution >= 4 is 23.0 Å². The molecular formula is C21H26N2O2S. The van der Waals surface area contributed by atoms with Gasteiger partial charge in [0.05, 0.1) is 10.9 Å². The number of carbonyl (C=O) groups is 2. The second-order valence-electron chi connectivity index (χ2n) is 6.73. The Labute approximate surface area is 159 Å². The third kappa shape index (κ3) is 5.26. The van der Waals surface area contributed by atoms with Crippen LogP contribution in [0.3, 0.4) is 0 Å². The lowest BCUT2D eigenvalue weighted by atomic mass is 10.1. The Morgan fingerprint density at radius 1 is 1.04 bits per heavy atom. The van der Waals surface area contributed by atoms with Crippen LogP contribution in [0.1, 0.15) is 53.4 Å². The number of nitrogens with zero attached hydrogens (tertiary/aromatic N) is 1. The summed E-state index contributed by atoms with van der Waals surface area (Å²) in [7, 11) is 0. The maximum absolute atomic E-state index is 12.2. The summed E-state index contributed by atoms with van der Waals surface area (Å²) in [6.45, 7) is 2.80. The Morgan fingerprint density at radius 2 is 1.81 bits per heavy atom. The van der Waals surface area contributed by atoms with Gasteiger partial charge >= 0.3 is 0 Å². The fourth-order valence-corrected chi connectivity index (χ4v) is 4.15. The highest BCUT2D eigenvalue weighted by Gasteiger charge is 2.23. The van der Waals surface area contributed by atoms with Gasteiger partial charge in [-0.15, -0.1) is 11.3 Å². The number of amides is 1. The van der Waals surface area contributed by atoms with Gasteiger partial charge in [0.15, 0.2) is 5.78 Å². The van der Waals surface area contributed by atoms with Gasteiger partial charge in [-0.2, -0.15) is 0 Å². The van der Waals surface area contributed by atoms with E-state index in [1.54, 1.807) is 0 Å². The Balaban J connectivity index is 1.46. The summed E-state index contributed by atoms with van der Waals surface area (Å²) < 4.78 is 0. The van der Waals surface area contributed by atoms with Crippen molar-refractivity contribution in [3.05, 3.63) is 58.3 Å². The van der Waals surface area contributed by atoms with E-state index in [-0.39, 0.29) is 17.7 Å². The quantitative estimate of drug-likeness (QED) is 0.677. The van der Waals surface area contributed by atoms with E-state index in [9.17, 15) is 9.59 Å². The van der Waals surface area contributed by atoms with Crippen LogP contribution >= 0.6 is 11.3 Å². The van der Waals surface area contributed by atoms with E-state index in [0.29, 0.717) is 25.8 Å². The first kappa shape index (κ1) is 18.8. The molecule has 26 heavy (non-hydrogen) atoms. The zero-order valence-corrected chi connectivity index (χ0v) is 15.8. The highest BCUT2D eigenvalue weighted by molar-refractivity contribution is 7.12. The molecule has 0 radical (unpaired) electrons. The minimum atomic E-state index is 0.0316. The van der Waals surface area contributed by atoms with Gasteiger partial charge in [-0.1, -0.05) is 36.4 Å². The van der Waals surface area contributed by atoms with E-state index < -0.39 is 0 Å². The van der Waals surface area contributed by atoms with Gasteiger partial charge in [-0.3, -0.25) is 14.5 Å². The number of benzene rings is 1. The highest BCUT2D eigenvalue weighted by Crippen LogP contribution is 2.24. The van der Waals surface area contributed by atoms with Gasteiger partial charge in [0.25, 0.3) is 0 Å². The van der Waals surface area contributed by atoms with Crippen molar-refractivity contribution in [2.75, 3.05) is 19.6 Å². The molecule has 0 aliphatic carbocycles. The predicted molar refractivity (Wildman–Crippen MR) is 106 cm³/mol. The van der Waals surface area contributed by atoms with Crippen molar-refractivity contribution in [1.82, 2.24) is 10.2 Å². The van der Waals surface area contributed by atoms with E-state index >= 15 is 0 Å². The molecule has 0 spiro atoms. The average molecular weight is 371 g/mol. The molecule has 4 nitrogen and oxygen atoms in total. The minimum Gasteiger partial charge on any atom is -0.354 e. The van der Waals surface area contributed by atoms with E-state index in [0.717, 1.165) is 18.0 Å². The number of hydrogen-bond acceptors (Lipinski definition) is 4. The molecule has 0 bridgehead atoms. The summed E-state index contributed by atoms with van der Waals surface area (Å²) in [4.78, 5) is 27.4. The fourth-order valence-electron chi connectivity index (χ4n) is 3.46. The van der Waals surface area contributed by atoms with E-state index in [2.05, 4.69) is 34.5 Å². The van der Waals surface area contributed by atoms with Crippen LogP contribution in [0.25, 0.3) is 0 Å². The third-order valence-electron chi connectivity index (χ3n) is 4.86. The van der Waals surface area contributed by atoms with E-state index in [1.807, 2.05) is 23.6 Å². The smallest absolute Gasteiger partial charge is 0.220 e. The van der Waals surface area contributed by atoms with Crippen LogP contribution in [0.5, 0.6) is 0 Å². The van der Waals surface area contributed by atoms with Crippen molar-refractivity contribution in [3.8, 4) is 0 Å². The lowest BCUT2D eigenvalue weighted by Gasteiger charge is -2.28. The number of Topliss-reactive ketones (excluding diaryl/α,β-unsaturated/α-hetero) is 1. The topological polar surface area (TPSA) is 49.4 Å². The summed E-state index contributed by atoms with van der Waals surface area (Å²) in [5.41, 5.74) is 1.25.